The Hall–Kier alpha value is -0.560. The average molecular weight is 341 g/mol. The Morgan fingerprint density at radius 2 is 1.73 bits per heavy atom. The number of aryl methyl sites for hydroxylation is 3. The smallest absolute Gasteiger partial charge is 0.243 e. The zero-order valence-corrected chi connectivity index (χ0v) is 15.0. The second kappa shape index (κ2) is 5.82. The molecule has 0 atom stereocenters. The third kappa shape index (κ3) is 2.82. The van der Waals surface area contributed by atoms with Gasteiger partial charge in [0.15, 0.2) is 0 Å². The first-order valence-corrected chi connectivity index (χ1v) is 10.1. The Bertz CT molecular complexity index is 669. The number of hydrogen-bond donors (Lipinski definition) is 0. The molecule has 6 heteroatoms. The first-order chi connectivity index (χ1) is 10.3. The largest absolute Gasteiger partial charge is 0.363 e. The molecular formula is C16H23NO3S2. The van der Waals surface area contributed by atoms with Crippen LogP contribution in [0.4, 0.5) is 0 Å². The van der Waals surface area contributed by atoms with Crippen molar-refractivity contribution in [3.05, 3.63) is 28.8 Å². The Morgan fingerprint density at radius 1 is 1.09 bits per heavy atom. The number of thioether (sulfide) groups is 1. The van der Waals surface area contributed by atoms with E-state index in [1.807, 2.05) is 44.7 Å². The fourth-order valence-corrected chi connectivity index (χ4v) is 6.11. The van der Waals surface area contributed by atoms with Crippen molar-refractivity contribution in [3.8, 4) is 0 Å². The van der Waals surface area contributed by atoms with Crippen LogP contribution in [0.25, 0.3) is 0 Å². The average Bonchev–Trinajstić information content (AvgIpc) is 2.91. The van der Waals surface area contributed by atoms with Crippen LogP contribution in [0.2, 0.25) is 0 Å². The Morgan fingerprint density at radius 3 is 2.32 bits per heavy atom. The van der Waals surface area contributed by atoms with Crippen molar-refractivity contribution in [2.75, 3.05) is 25.4 Å². The lowest BCUT2D eigenvalue weighted by Gasteiger charge is -2.37. The van der Waals surface area contributed by atoms with Crippen LogP contribution in [0.3, 0.4) is 0 Å². The van der Waals surface area contributed by atoms with Gasteiger partial charge in [-0.05, 0) is 56.4 Å². The molecule has 0 saturated carbocycles. The fourth-order valence-electron chi connectivity index (χ4n) is 3.20. The zero-order chi connectivity index (χ0) is 16.0. The molecule has 2 fully saturated rings. The highest BCUT2D eigenvalue weighted by atomic mass is 32.2. The van der Waals surface area contributed by atoms with Gasteiger partial charge in [0, 0.05) is 18.8 Å². The molecule has 122 valence electrons. The summed E-state index contributed by atoms with van der Waals surface area (Å²) in [5.41, 5.74) is 2.98. The van der Waals surface area contributed by atoms with E-state index in [4.69, 9.17) is 4.74 Å². The highest BCUT2D eigenvalue weighted by Crippen LogP contribution is 2.42. The predicted octanol–water partition coefficient (Wildman–Crippen LogP) is 2.86. The van der Waals surface area contributed by atoms with Crippen molar-refractivity contribution in [2.45, 2.75) is 43.4 Å². The van der Waals surface area contributed by atoms with E-state index in [1.165, 1.54) is 0 Å². The van der Waals surface area contributed by atoms with Crippen molar-refractivity contribution in [1.29, 1.82) is 0 Å². The molecule has 4 nitrogen and oxygen atoms in total. The van der Waals surface area contributed by atoms with Crippen LogP contribution in [0, 0.1) is 20.8 Å². The quantitative estimate of drug-likeness (QED) is 0.830. The van der Waals surface area contributed by atoms with E-state index in [2.05, 4.69) is 0 Å². The molecule has 1 spiro atoms. The topological polar surface area (TPSA) is 46.6 Å². The first kappa shape index (κ1) is 16.3. The third-order valence-corrected chi connectivity index (χ3v) is 8.17. The zero-order valence-electron chi connectivity index (χ0n) is 13.4. The number of benzene rings is 1. The third-order valence-electron chi connectivity index (χ3n) is 4.71. The molecule has 0 amide bonds. The maximum atomic E-state index is 13.0. The fraction of sp³-hybridized carbons (Fsp3) is 0.625. The monoisotopic (exact) mass is 341 g/mol. The minimum absolute atomic E-state index is 0.135. The molecule has 2 aliphatic rings. The van der Waals surface area contributed by atoms with Crippen LogP contribution >= 0.6 is 11.8 Å². The van der Waals surface area contributed by atoms with Gasteiger partial charge in [-0.3, -0.25) is 0 Å². The van der Waals surface area contributed by atoms with Crippen LogP contribution in [-0.2, 0) is 14.8 Å². The second-order valence-corrected chi connectivity index (χ2v) is 9.56. The van der Waals surface area contributed by atoms with Crippen molar-refractivity contribution >= 4 is 21.8 Å². The maximum Gasteiger partial charge on any atom is 0.243 e. The highest BCUT2D eigenvalue weighted by Gasteiger charge is 2.42. The molecule has 0 aliphatic carbocycles. The SMILES string of the molecule is Cc1cc(C)c(S(=O)(=O)N2CCC3(CC2)OCCS3)cc1C. The van der Waals surface area contributed by atoms with Crippen molar-refractivity contribution in [2.24, 2.45) is 0 Å². The molecule has 1 aromatic carbocycles. The molecule has 3 rings (SSSR count). The number of ether oxygens (including phenoxy) is 1. The minimum Gasteiger partial charge on any atom is -0.363 e. The summed E-state index contributed by atoms with van der Waals surface area (Å²) in [4.78, 5) is 0.316. The van der Waals surface area contributed by atoms with Crippen molar-refractivity contribution < 1.29 is 13.2 Å². The molecule has 2 saturated heterocycles. The summed E-state index contributed by atoms with van der Waals surface area (Å²) in [5.74, 6) is 1.02. The minimum atomic E-state index is -3.41. The molecule has 0 N–H and O–H groups in total. The number of nitrogens with zero attached hydrogens (tertiary/aromatic N) is 1. The Balaban J connectivity index is 1.84. The van der Waals surface area contributed by atoms with Gasteiger partial charge < -0.3 is 4.74 Å². The second-order valence-electron chi connectivity index (χ2n) is 6.21. The van der Waals surface area contributed by atoms with Crippen LogP contribution < -0.4 is 0 Å². The number of sulfonamides is 1. The summed E-state index contributed by atoms with van der Waals surface area (Å²) in [6.45, 7) is 7.72. The normalized spacial score (nSPS) is 22.3. The van der Waals surface area contributed by atoms with Crippen LogP contribution in [0.1, 0.15) is 29.5 Å². The molecule has 22 heavy (non-hydrogen) atoms. The first-order valence-electron chi connectivity index (χ1n) is 7.70. The Kier molecular flexibility index (Phi) is 4.31. The predicted molar refractivity (Wildman–Crippen MR) is 89.8 cm³/mol. The van der Waals surface area contributed by atoms with Crippen LogP contribution in [-0.4, -0.2) is 43.1 Å². The van der Waals surface area contributed by atoms with E-state index in [-0.39, 0.29) is 4.93 Å². The van der Waals surface area contributed by atoms with Crippen molar-refractivity contribution in [1.82, 2.24) is 4.31 Å². The van der Waals surface area contributed by atoms with E-state index in [9.17, 15) is 8.42 Å². The van der Waals surface area contributed by atoms with E-state index in [1.54, 1.807) is 4.31 Å². The van der Waals surface area contributed by atoms with Gasteiger partial charge in [0.05, 0.1) is 11.5 Å². The van der Waals surface area contributed by atoms with E-state index < -0.39 is 10.0 Å². The van der Waals surface area contributed by atoms with Crippen molar-refractivity contribution in [3.63, 3.8) is 0 Å². The van der Waals surface area contributed by atoms with Gasteiger partial charge in [0.1, 0.15) is 4.93 Å². The molecule has 0 unspecified atom stereocenters. The lowest BCUT2D eigenvalue weighted by Crippen LogP contribution is -2.45. The van der Waals surface area contributed by atoms with Gasteiger partial charge in [0.2, 0.25) is 10.0 Å². The molecule has 2 heterocycles. The molecular weight excluding hydrogens is 318 g/mol. The lowest BCUT2D eigenvalue weighted by molar-refractivity contribution is 0.0162. The summed E-state index contributed by atoms with van der Waals surface area (Å²) < 4.78 is 33.4. The highest BCUT2D eigenvalue weighted by molar-refractivity contribution is 8.00. The van der Waals surface area contributed by atoms with Gasteiger partial charge in [-0.15, -0.1) is 11.8 Å². The summed E-state index contributed by atoms with van der Waals surface area (Å²) in [6.07, 6.45) is 1.56. The summed E-state index contributed by atoms with van der Waals surface area (Å²) in [6, 6.07) is 3.77. The maximum absolute atomic E-state index is 13.0. The van der Waals surface area contributed by atoms with E-state index >= 15 is 0 Å². The van der Waals surface area contributed by atoms with Crippen LogP contribution in [0.15, 0.2) is 17.0 Å². The lowest BCUT2D eigenvalue weighted by atomic mass is 10.1. The van der Waals surface area contributed by atoms with E-state index in [0.29, 0.717) is 18.0 Å². The van der Waals surface area contributed by atoms with E-state index in [0.717, 1.165) is 41.9 Å². The molecule has 1 aromatic rings. The summed E-state index contributed by atoms with van der Waals surface area (Å²) in [7, 11) is -3.41. The summed E-state index contributed by atoms with van der Waals surface area (Å²) in [5, 5.41) is 0. The molecule has 0 aromatic heterocycles. The van der Waals surface area contributed by atoms with Gasteiger partial charge in [0.25, 0.3) is 0 Å². The van der Waals surface area contributed by atoms with Gasteiger partial charge in [-0.2, -0.15) is 4.31 Å². The summed E-state index contributed by atoms with van der Waals surface area (Å²) >= 11 is 1.84. The number of hydrogen-bond acceptors (Lipinski definition) is 4. The van der Waals surface area contributed by atoms with Gasteiger partial charge >= 0.3 is 0 Å². The standard InChI is InChI=1S/C16H23NO3S2/c1-12-10-14(3)15(11-13(12)2)22(18,19)17-6-4-16(5-7-17)20-8-9-21-16/h10-11H,4-9H2,1-3H3. The van der Waals surface area contributed by atoms with Gasteiger partial charge in [-0.1, -0.05) is 6.07 Å². The number of rotatable bonds is 2. The Labute approximate surface area is 137 Å². The van der Waals surface area contributed by atoms with Crippen LogP contribution in [0.5, 0.6) is 0 Å². The molecule has 0 bridgehead atoms. The van der Waals surface area contributed by atoms with Gasteiger partial charge in [-0.25, -0.2) is 8.42 Å². The number of piperidine rings is 1. The molecule has 2 aliphatic heterocycles. The molecule has 0 radical (unpaired) electrons.